The van der Waals surface area contributed by atoms with Crippen molar-refractivity contribution < 1.29 is 10.0 Å². The van der Waals surface area contributed by atoms with Crippen molar-refractivity contribution in [3.63, 3.8) is 0 Å². The molecule has 0 unspecified atom stereocenters. The van der Waals surface area contributed by atoms with Crippen LogP contribution in [0.4, 0.5) is 17.5 Å². The number of nitrogens with two attached hydrogens (primary N) is 1. The molecule has 1 aromatic heterocycles. The van der Waals surface area contributed by atoms with E-state index < -0.39 is 10.5 Å². The van der Waals surface area contributed by atoms with Gasteiger partial charge in [0.05, 0.1) is 17.1 Å². The summed E-state index contributed by atoms with van der Waals surface area (Å²) in [6.07, 6.45) is 4.47. The molecule has 0 spiro atoms. The molecule has 0 amide bonds. The topological polar surface area (TPSA) is 139 Å². The summed E-state index contributed by atoms with van der Waals surface area (Å²) < 4.78 is 0. The maximum atomic E-state index is 11.1. The molecule has 1 aliphatic rings. The lowest BCUT2D eigenvalue weighted by Gasteiger charge is -2.38. The zero-order chi connectivity index (χ0) is 15.5. The number of aliphatic hydroxyl groups is 1. The molecular weight excluding hydrogens is 276 g/mol. The van der Waals surface area contributed by atoms with Crippen LogP contribution in [0.15, 0.2) is 6.20 Å². The quantitative estimate of drug-likeness (QED) is 0.359. The van der Waals surface area contributed by atoms with Crippen molar-refractivity contribution in [2.45, 2.75) is 38.1 Å². The molecule has 1 saturated carbocycles. The van der Waals surface area contributed by atoms with Gasteiger partial charge in [0.2, 0.25) is 11.8 Å². The van der Waals surface area contributed by atoms with Crippen molar-refractivity contribution in [3.05, 3.63) is 16.3 Å². The second-order valence-corrected chi connectivity index (χ2v) is 5.57. The Bertz CT molecular complexity index is 516. The maximum Gasteiger partial charge on any atom is 0.329 e. The van der Waals surface area contributed by atoms with Gasteiger partial charge in [0.15, 0.2) is 0 Å². The number of hydrogen-bond donors (Lipinski definition) is 4. The molecule has 0 aromatic carbocycles. The first-order chi connectivity index (χ1) is 9.99. The lowest BCUT2D eigenvalue weighted by molar-refractivity contribution is -0.384. The lowest BCUT2D eigenvalue weighted by atomic mass is 9.77. The van der Waals surface area contributed by atoms with E-state index in [2.05, 4.69) is 27.6 Å². The minimum absolute atomic E-state index is 0.0755. The van der Waals surface area contributed by atoms with E-state index in [0.717, 1.165) is 31.9 Å². The zero-order valence-electron chi connectivity index (χ0n) is 11.9. The molecule has 5 N–H and O–H groups in total. The van der Waals surface area contributed by atoms with Crippen LogP contribution in [0.2, 0.25) is 0 Å². The average Bonchev–Trinajstić information content (AvgIpc) is 2.49. The van der Waals surface area contributed by atoms with Crippen LogP contribution in [-0.4, -0.2) is 32.1 Å². The Hall–Kier alpha value is -2.00. The molecule has 1 aromatic rings. The molecule has 2 rings (SSSR count). The van der Waals surface area contributed by atoms with E-state index in [1.54, 1.807) is 0 Å². The van der Waals surface area contributed by atoms with E-state index in [9.17, 15) is 15.2 Å². The molecule has 0 atom stereocenters. The lowest BCUT2D eigenvalue weighted by Crippen LogP contribution is -2.45. The minimum atomic E-state index is -0.586. The van der Waals surface area contributed by atoms with Gasteiger partial charge in [-0.1, -0.05) is 6.92 Å². The summed E-state index contributed by atoms with van der Waals surface area (Å²) >= 11 is 0. The number of hydrazine groups is 1. The first-order valence-corrected chi connectivity index (χ1v) is 6.87. The van der Waals surface area contributed by atoms with Crippen molar-refractivity contribution in [1.29, 1.82) is 0 Å². The van der Waals surface area contributed by atoms with Gasteiger partial charge < -0.3 is 10.4 Å². The highest BCUT2D eigenvalue weighted by molar-refractivity contribution is 5.58. The Morgan fingerprint density at radius 2 is 2.24 bits per heavy atom. The second kappa shape index (κ2) is 6.19. The fourth-order valence-corrected chi connectivity index (χ4v) is 2.56. The van der Waals surface area contributed by atoms with Crippen LogP contribution in [0.1, 0.15) is 32.6 Å². The fraction of sp³-hybridized carbons (Fsp3) is 0.667. The van der Waals surface area contributed by atoms with E-state index >= 15 is 0 Å². The fourth-order valence-electron chi connectivity index (χ4n) is 2.56. The molecule has 9 heteroatoms. The molecule has 0 radical (unpaired) electrons. The number of aliphatic hydroxyl groups excluding tert-OH is 1. The van der Waals surface area contributed by atoms with E-state index in [4.69, 9.17) is 5.84 Å². The van der Waals surface area contributed by atoms with Crippen LogP contribution in [0.25, 0.3) is 0 Å². The number of anilines is 2. The van der Waals surface area contributed by atoms with Gasteiger partial charge >= 0.3 is 5.69 Å². The number of rotatable bonds is 5. The summed E-state index contributed by atoms with van der Waals surface area (Å²) in [4.78, 5) is 18.3. The van der Waals surface area contributed by atoms with Crippen LogP contribution >= 0.6 is 0 Å². The summed E-state index contributed by atoms with van der Waals surface area (Å²) in [6, 6.07) is 0. The standard InChI is InChI=1S/C12H20N6O3/c1-8-2-4-12(7-19,5-3-8)16-10-9(18(20)21)6-14-11(15-10)17-13/h6,8,19H,2-5,7,13H2,1H3,(H2,14,15,16,17). The number of nitrogens with zero attached hydrogens (tertiary/aromatic N) is 3. The highest BCUT2D eigenvalue weighted by Crippen LogP contribution is 2.36. The van der Waals surface area contributed by atoms with Crippen LogP contribution in [0, 0.1) is 16.0 Å². The Balaban J connectivity index is 2.29. The first-order valence-electron chi connectivity index (χ1n) is 6.87. The highest BCUT2D eigenvalue weighted by Gasteiger charge is 2.36. The summed E-state index contributed by atoms with van der Waals surface area (Å²) in [7, 11) is 0. The normalized spacial score (nSPS) is 25.4. The van der Waals surface area contributed by atoms with Crippen LogP contribution in [-0.2, 0) is 0 Å². The van der Waals surface area contributed by atoms with Gasteiger partial charge in [-0.15, -0.1) is 0 Å². The molecule has 0 saturated heterocycles. The first kappa shape index (κ1) is 15.4. The predicted molar refractivity (Wildman–Crippen MR) is 77.6 cm³/mol. The Labute approximate surface area is 122 Å². The van der Waals surface area contributed by atoms with Gasteiger partial charge in [-0.25, -0.2) is 10.8 Å². The molecule has 116 valence electrons. The molecule has 0 aliphatic heterocycles. The van der Waals surface area contributed by atoms with Crippen molar-refractivity contribution in [2.75, 3.05) is 17.3 Å². The molecule has 1 fully saturated rings. The number of nitro groups is 1. The smallest absolute Gasteiger partial charge is 0.329 e. The number of nitrogens with one attached hydrogen (secondary N) is 2. The molecule has 1 heterocycles. The van der Waals surface area contributed by atoms with Crippen molar-refractivity contribution >= 4 is 17.5 Å². The van der Waals surface area contributed by atoms with E-state index in [1.165, 1.54) is 0 Å². The van der Waals surface area contributed by atoms with Gasteiger partial charge in [-0.3, -0.25) is 15.5 Å². The number of hydrogen-bond acceptors (Lipinski definition) is 8. The largest absolute Gasteiger partial charge is 0.394 e. The van der Waals surface area contributed by atoms with Crippen molar-refractivity contribution in [3.8, 4) is 0 Å². The Morgan fingerprint density at radius 3 is 2.76 bits per heavy atom. The van der Waals surface area contributed by atoms with E-state index in [-0.39, 0.29) is 24.1 Å². The predicted octanol–water partition coefficient (Wildman–Crippen LogP) is 1.02. The summed E-state index contributed by atoms with van der Waals surface area (Å²) in [5.41, 5.74) is 1.44. The minimum Gasteiger partial charge on any atom is -0.394 e. The Kier molecular flexibility index (Phi) is 4.53. The summed E-state index contributed by atoms with van der Waals surface area (Å²) in [5.74, 6) is 5.99. The number of aromatic nitrogens is 2. The van der Waals surface area contributed by atoms with Crippen LogP contribution in [0.5, 0.6) is 0 Å². The molecule has 21 heavy (non-hydrogen) atoms. The molecular formula is C12H20N6O3. The third kappa shape index (κ3) is 3.37. The van der Waals surface area contributed by atoms with Crippen molar-refractivity contribution in [2.24, 2.45) is 11.8 Å². The van der Waals surface area contributed by atoms with Crippen molar-refractivity contribution in [1.82, 2.24) is 9.97 Å². The van der Waals surface area contributed by atoms with Crippen LogP contribution < -0.4 is 16.6 Å². The number of nitrogen functional groups attached to an aromatic ring is 1. The summed E-state index contributed by atoms with van der Waals surface area (Å²) in [5, 5.41) is 23.9. The molecule has 1 aliphatic carbocycles. The van der Waals surface area contributed by atoms with Gasteiger partial charge in [0.25, 0.3) is 0 Å². The van der Waals surface area contributed by atoms with E-state index in [0.29, 0.717) is 5.92 Å². The SMILES string of the molecule is CC1CCC(CO)(Nc2nc(NN)ncc2[N+](=O)[O-])CC1. The zero-order valence-corrected chi connectivity index (χ0v) is 11.9. The third-order valence-electron chi connectivity index (χ3n) is 4.01. The Morgan fingerprint density at radius 1 is 1.57 bits per heavy atom. The van der Waals surface area contributed by atoms with Gasteiger partial charge in [-0.2, -0.15) is 4.98 Å². The highest BCUT2D eigenvalue weighted by atomic mass is 16.6. The third-order valence-corrected chi connectivity index (χ3v) is 4.01. The van der Waals surface area contributed by atoms with Crippen LogP contribution in [0.3, 0.4) is 0 Å². The monoisotopic (exact) mass is 296 g/mol. The van der Waals surface area contributed by atoms with E-state index in [1.807, 2.05) is 0 Å². The average molecular weight is 296 g/mol. The summed E-state index contributed by atoms with van der Waals surface area (Å²) in [6.45, 7) is 2.05. The second-order valence-electron chi connectivity index (χ2n) is 5.57. The van der Waals surface area contributed by atoms with Gasteiger partial charge in [-0.05, 0) is 31.6 Å². The van der Waals surface area contributed by atoms with Gasteiger partial charge in [0, 0.05) is 0 Å². The van der Waals surface area contributed by atoms with Gasteiger partial charge in [0.1, 0.15) is 6.20 Å². The molecule has 9 nitrogen and oxygen atoms in total. The maximum absolute atomic E-state index is 11.1. The molecule has 0 bridgehead atoms.